The molecule has 20 heteroatoms. The first-order valence-electron chi connectivity index (χ1n) is 18.7. The molecular weight excluding hydrogens is 819 g/mol. The van der Waals surface area contributed by atoms with E-state index < -0.39 is 87.7 Å². The molecule has 60 heavy (non-hydrogen) atoms. The number of aromatic nitrogens is 6. The summed E-state index contributed by atoms with van der Waals surface area (Å²) in [7, 11) is -3.97. The second kappa shape index (κ2) is 14.9. The SMILES string of the molecule is O=C(Cn1nc(C(F)F)c2c1C(F)(F)[C@H]1C[C@@H]21)N[C@@H](Cc1cc(F)cc(F)c1)c1nc2cc(-c3ncccn3)ccc2c(=O)n1-c1ccc(S(=O)(=O)N2CCOCC2)cc1. The van der Waals surface area contributed by atoms with E-state index >= 15 is 8.78 Å². The van der Waals surface area contributed by atoms with Gasteiger partial charge in [-0.05, 0) is 72.5 Å². The van der Waals surface area contributed by atoms with E-state index in [9.17, 15) is 35.6 Å². The maximum Gasteiger partial charge on any atom is 0.293 e. The maximum absolute atomic E-state index is 15.4. The Hall–Kier alpha value is -5.99. The molecule has 310 valence electrons. The molecule has 0 spiro atoms. The van der Waals surface area contributed by atoms with Gasteiger partial charge in [0.15, 0.2) is 5.82 Å². The second-order valence-corrected chi connectivity index (χ2v) is 16.6. The van der Waals surface area contributed by atoms with Crippen molar-refractivity contribution in [3.63, 3.8) is 0 Å². The van der Waals surface area contributed by atoms with Crippen LogP contribution >= 0.6 is 0 Å². The third-order valence-electron chi connectivity index (χ3n) is 10.9. The minimum atomic E-state index is -3.97. The molecule has 2 aliphatic carbocycles. The number of hydrogen-bond donors (Lipinski definition) is 1. The van der Waals surface area contributed by atoms with Gasteiger partial charge in [-0.25, -0.2) is 40.9 Å². The Morgan fingerprint density at radius 3 is 2.35 bits per heavy atom. The van der Waals surface area contributed by atoms with Gasteiger partial charge in [-0.15, -0.1) is 0 Å². The number of morpholine rings is 1. The Bertz CT molecular complexity index is 2820. The number of nitrogens with zero attached hydrogens (tertiary/aromatic N) is 7. The zero-order valence-electron chi connectivity index (χ0n) is 31.1. The Morgan fingerprint density at radius 1 is 0.967 bits per heavy atom. The number of sulfonamides is 1. The number of carbonyl (C=O) groups excluding carboxylic acids is 1. The van der Waals surface area contributed by atoms with Crippen LogP contribution < -0.4 is 10.9 Å². The molecule has 0 bridgehead atoms. The fourth-order valence-electron chi connectivity index (χ4n) is 8.10. The van der Waals surface area contributed by atoms with Crippen LogP contribution in [0.4, 0.5) is 26.3 Å². The summed E-state index contributed by atoms with van der Waals surface area (Å²) in [4.78, 5) is 41.8. The predicted molar refractivity (Wildman–Crippen MR) is 201 cm³/mol. The first-order valence-corrected chi connectivity index (χ1v) is 20.2. The number of carbonyl (C=O) groups is 1. The van der Waals surface area contributed by atoms with Crippen LogP contribution in [-0.2, 0) is 38.4 Å². The first kappa shape index (κ1) is 39.5. The number of fused-ring (bicyclic) bond motifs is 4. The van der Waals surface area contributed by atoms with E-state index in [1.54, 1.807) is 12.1 Å². The molecule has 3 atom stereocenters. The van der Waals surface area contributed by atoms with Crippen LogP contribution in [0.5, 0.6) is 0 Å². The predicted octanol–water partition coefficient (Wildman–Crippen LogP) is 5.59. The number of rotatable bonds is 11. The van der Waals surface area contributed by atoms with E-state index in [4.69, 9.17) is 9.72 Å². The zero-order valence-corrected chi connectivity index (χ0v) is 31.9. The molecule has 1 N–H and O–H groups in total. The molecular formula is C40H32F6N8O5S. The summed E-state index contributed by atoms with van der Waals surface area (Å²) < 4.78 is 123. The highest BCUT2D eigenvalue weighted by Crippen LogP contribution is 2.68. The smallest absolute Gasteiger partial charge is 0.293 e. The number of alkyl halides is 4. The summed E-state index contributed by atoms with van der Waals surface area (Å²) in [6, 6.07) is 12.6. The molecule has 3 aliphatic rings. The van der Waals surface area contributed by atoms with Gasteiger partial charge in [0.25, 0.3) is 17.9 Å². The van der Waals surface area contributed by atoms with Crippen molar-refractivity contribution in [2.75, 3.05) is 26.3 Å². The fourth-order valence-corrected chi connectivity index (χ4v) is 9.51. The first-order chi connectivity index (χ1) is 28.7. The van der Waals surface area contributed by atoms with Crippen LogP contribution in [0.3, 0.4) is 0 Å². The number of hydrogen-bond acceptors (Lipinski definition) is 9. The summed E-state index contributed by atoms with van der Waals surface area (Å²) in [6.45, 7) is -0.286. The maximum atomic E-state index is 15.4. The average Bonchev–Trinajstić information content (AvgIpc) is 3.89. The number of ether oxygens (including phenoxy) is 1. The Kier molecular flexibility index (Phi) is 9.82. The van der Waals surface area contributed by atoms with E-state index in [1.165, 1.54) is 53.1 Å². The Morgan fingerprint density at radius 2 is 1.67 bits per heavy atom. The standard InChI is InChI=1S/C40H32F6N8O5S/c41-23-14-21(15-24(42)18-23)16-31(49-32(55)20-53-35-33(34(51-53)36(43)44)28-19-29(28)40(35,45)46)38-50-30-17-22(37-47-8-1-9-48-37)2-7-27(30)39(56)54(38)25-3-5-26(6-4-25)60(57,58)52-10-12-59-13-11-52/h1-9,14-15,17-18,28-29,31,36H,10-13,16,19-20H2,(H,49,55)/t28-,29+,31+/m1/s1. The largest absolute Gasteiger partial charge is 0.379 e. The Balaban J connectivity index is 1.17. The number of amides is 1. The average molecular weight is 851 g/mol. The molecule has 3 aromatic heterocycles. The van der Waals surface area contributed by atoms with Crippen molar-refractivity contribution in [3.05, 3.63) is 129 Å². The lowest BCUT2D eigenvalue weighted by Gasteiger charge is -2.26. The molecule has 1 saturated carbocycles. The van der Waals surface area contributed by atoms with Crippen LogP contribution in [0, 0.1) is 17.6 Å². The highest BCUT2D eigenvalue weighted by molar-refractivity contribution is 7.89. The van der Waals surface area contributed by atoms with Gasteiger partial charge < -0.3 is 10.1 Å². The van der Waals surface area contributed by atoms with Gasteiger partial charge in [-0.1, -0.05) is 6.07 Å². The molecule has 1 aliphatic heterocycles. The highest BCUT2D eigenvalue weighted by atomic mass is 32.2. The van der Waals surface area contributed by atoms with Crippen molar-refractivity contribution in [2.45, 2.75) is 48.6 Å². The number of halogens is 6. The van der Waals surface area contributed by atoms with Gasteiger partial charge in [0.1, 0.15) is 35.4 Å². The van der Waals surface area contributed by atoms with Gasteiger partial charge in [0, 0.05) is 55.0 Å². The molecule has 2 fully saturated rings. The van der Waals surface area contributed by atoms with Crippen molar-refractivity contribution in [3.8, 4) is 17.1 Å². The van der Waals surface area contributed by atoms with Crippen molar-refractivity contribution in [2.24, 2.45) is 5.92 Å². The van der Waals surface area contributed by atoms with Gasteiger partial charge in [0.05, 0.1) is 40.7 Å². The summed E-state index contributed by atoms with van der Waals surface area (Å²) in [5, 5.41) is 6.44. The van der Waals surface area contributed by atoms with Crippen molar-refractivity contribution in [1.29, 1.82) is 0 Å². The molecule has 3 aromatic carbocycles. The molecule has 1 saturated heterocycles. The zero-order chi connectivity index (χ0) is 42.1. The molecule has 0 radical (unpaired) electrons. The molecule has 1 amide bonds. The highest BCUT2D eigenvalue weighted by Gasteiger charge is 2.67. The van der Waals surface area contributed by atoms with Gasteiger partial charge in [-0.2, -0.15) is 18.2 Å². The van der Waals surface area contributed by atoms with E-state index in [1.807, 2.05) is 0 Å². The van der Waals surface area contributed by atoms with Crippen molar-refractivity contribution < 1.29 is 44.3 Å². The van der Waals surface area contributed by atoms with E-state index in [-0.39, 0.29) is 77.0 Å². The van der Waals surface area contributed by atoms with Crippen LogP contribution in [0.1, 0.15) is 53.1 Å². The number of nitrogens with one attached hydrogen (secondary N) is 1. The van der Waals surface area contributed by atoms with Crippen LogP contribution in [0.25, 0.3) is 28.0 Å². The normalized spacial score (nSPS) is 19.0. The van der Waals surface area contributed by atoms with Gasteiger partial charge in [0.2, 0.25) is 15.9 Å². The molecule has 9 rings (SSSR count). The van der Waals surface area contributed by atoms with Gasteiger partial charge in [-0.3, -0.25) is 18.8 Å². The minimum Gasteiger partial charge on any atom is -0.379 e. The van der Waals surface area contributed by atoms with E-state index in [0.717, 1.165) is 16.7 Å². The molecule has 4 heterocycles. The van der Waals surface area contributed by atoms with Crippen molar-refractivity contribution >= 4 is 26.8 Å². The summed E-state index contributed by atoms with van der Waals surface area (Å²) in [5.74, 6) is -8.42. The van der Waals surface area contributed by atoms with Crippen molar-refractivity contribution in [1.82, 2.24) is 38.9 Å². The van der Waals surface area contributed by atoms with Gasteiger partial charge >= 0.3 is 0 Å². The summed E-state index contributed by atoms with van der Waals surface area (Å²) in [6.07, 6.45) is -0.592. The van der Waals surface area contributed by atoms with Crippen LogP contribution in [0.2, 0.25) is 0 Å². The summed E-state index contributed by atoms with van der Waals surface area (Å²) >= 11 is 0. The summed E-state index contributed by atoms with van der Waals surface area (Å²) in [5.41, 5.74) is -1.99. The lowest BCUT2D eigenvalue weighted by atomic mass is 10.0. The van der Waals surface area contributed by atoms with Crippen LogP contribution in [-0.4, -0.2) is 74.2 Å². The molecule has 6 aromatic rings. The second-order valence-electron chi connectivity index (χ2n) is 14.7. The van der Waals surface area contributed by atoms with E-state index in [2.05, 4.69) is 20.4 Å². The molecule has 13 nitrogen and oxygen atoms in total. The third-order valence-corrected chi connectivity index (χ3v) is 12.8. The van der Waals surface area contributed by atoms with E-state index in [0.29, 0.717) is 16.3 Å². The minimum absolute atomic E-state index is 0.00722. The quantitative estimate of drug-likeness (QED) is 0.165. The monoisotopic (exact) mass is 850 g/mol. The van der Waals surface area contributed by atoms with Crippen LogP contribution in [0.15, 0.2) is 88.8 Å². The fraction of sp³-hybridized carbons (Fsp3) is 0.300. The molecule has 0 unspecified atom stereocenters. The third kappa shape index (κ3) is 7.00. The number of benzene rings is 3. The lowest BCUT2D eigenvalue weighted by molar-refractivity contribution is -0.123. The lowest BCUT2D eigenvalue weighted by Crippen LogP contribution is -2.40. The topological polar surface area (TPSA) is 154 Å². The Labute approximate surface area is 336 Å².